The lowest BCUT2D eigenvalue weighted by Gasteiger charge is -2.19. The molecule has 0 aromatic heterocycles. The summed E-state index contributed by atoms with van der Waals surface area (Å²) in [6, 6.07) is 20.2. The van der Waals surface area contributed by atoms with Gasteiger partial charge in [-0.1, -0.05) is 54.6 Å². The zero-order valence-corrected chi connectivity index (χ0v) is 20.3. The van der Waals surface area contributed by atoms with E-state index in [1.54, 1.807) is 79.7 Å². The molecular formula is C24H24N2O5S2. The summed E-state index contributed by atoms with van der Waals surface area (Å²) in [7, 11) is -2.31. The summed E-state index contributed by atoms with van der Waals surface area (Å²) in [6.07, 6.45) is 0. The van der Waals surface area contributed by atoms with Gasteiger partial charge in [-0.25, -0.2) is 0 Å². The summed E-state index contributed by atoms with van der Waals surface area (Å²) in [5, 5.41) is 2.09. The van der Waals surface area contributed by atoms with Gasteiger partial charge in [-0.15, -0.1) is 3.63 Å². The number of benzene rings is 4. The van der Waals surface area contributed by atoms with Crippen LogP contribution in [0, 0.1) is 0 Å². The molecule has 0 aliphatic heterocycles. The average Bonchev–Trinajstić information content (AvgIpc) is 2.76. The Morgan fingerprint density at radius 3 is 1.88 bits per heavy atom. The molecule has 0 spiro atoms. The Labute approximate surface area is 194 Å². The molecule has 0 amide bonds. The van der Waals surface area contributed by atoms with Crippen LogP contribution in [0.2, 0.25) is 0 Å². The molecule has 0 unspecified atom stereocenters. The van der Waals surface area contributed by atoms with Crippen LogP contribution in [-0.2, 0) is 23.9 Å². The molecule has 9 heteroatoms. The molecule has 172 valence electrons. The third kappa shape index (κ3) is 4.15. The molecule has 0 atom stereocenters. The van der Waals surface area contributed by atoms with Crippen molar-refractivity contribution in [2.45, 2.75) is 9.79 Å². The highest BCUT2D eigenvalue weighted by Gasteiger charge is 2.32. The van der Waals surface area contributed by atoms with Crippen molar-refractivity contribution in [3.05, 3.63) is 72.8 Å². The van der Waals surface area contributed by atoms with E-state index in [9.17, 15) is 16.8 Å². The van der Waals surface area contributed by atoms with Crippen LogP contribution in [0.25, 0.3) is 21.5 Å². The van der Waals surface area contributed by atoms with Gasteiger partial charge in [0.1, 0.15) is 9.79 Å². The summed E-state index contributed by atoms with van der Waals surface area (Å²) < 4.78 is 58.5. The van der Waals surface area contributed by atoms with Crippen LogP contribution in [-0.4, -0.2) is 45.0 Å². The molecular weight excluding hydrogens is 460 g/mol. The average molecular weight is 485 g/mol. The van der Waals surface area contributed by atoms with E-state index in [0.717, 1.165) is 5.69 Å². The van der Waals surface area contributed by atoms with Gasteiger partial charge in [0.15, 0.2) is 0 Å². The van der Waals surface area contributed by atoms with Crippen molar-refractivity contribution in [2.75, 3.05) is 38.0 Å². The number of anilines is 2. The van der Waals surface area contributed by atoms with Crippen molar-refractivity contribution in [2.24, 2.45) is 0 Å². The molecule has 4 rings (SSSR count). The topological polar surface area (TPSA) is 84.0 Å². The Kier molecular flexibility index (Phi) is 5.81. The van der Waals surface area contributed by atoms with Crippen LogP contribution in [0.3, 0.4) is 0 Å². The van der Waals surface area contributed by atoms with E-state index >= 15 is 0 Å². The highest BCUT2D eigenvalue weighted by atomic mass is 32.3. The normalized spacial score (nSPS) is 12.2. The second-order valence-electron chi connectivity index (χ2n) is 8.03. The molecule has 0 radical (unpaired) electrons. The maximum absolute atomic E-state index is 13.4. The lowest BCUT2D eigenvalue weighted by molar-refractivity contribution is 0.463. The van der Waals surface area contributed by atoms with Crippen molar-refractivity contribution < 1.29 is 20.5 Å². The lowest BCUT2D eigenvalue weighted by atomic mass is 10.1. The van der Waals surface area contributed by atoms with Gasteiger partial charge in [-0.3, -0.25) is 0 Å². The minimum absolute atomic E-state index is 0.191. The summed E-state index contributed by atoms with van der Waals surface area (Å²) in [5.74, 6) is 0. The van der Waals surface area contributed by atoms with E-state index in [1.165, 1.54) is 6.07 Å². The van der Waals surface area contributed by atoms with Crippen LogP contribution in [0.4, 0.5) is 11.4 Å². The molecule has 0 aliphatic rings. The standard InChI is InChI=1S/C24H24N2O5S2/c1-25(2)21-13-7-12-20-19(21)11-8-14-23(20)32(27,28)31-33(29,30)24-18-10-6-5-9-17(18)15-16-22(24)26(3)4/h5-16H,1-4H3. The first-order valence-electron chi connectivity index (χ1n) is 10.1. The lowest BCUT2D eigenvalue weighted by Crippen LogP contribution is -2.19. The van der Waals surface area contributed by atoms with Crippen molar-refractivity contribution in [1.82, 2.24) is 0 Å². The molecule has 0 saturated carbocycles. The highest BCUT2D eigenvalue weighted by molar-refractivity contribution is 8.00. The van der Waals surface area contributed by atoms with Gasteiger partial charge in [0, 0.05) is 50.0 Å². The van der Waals surface area contributed by atoms with E-state index in [2.05, 4.69) is 0 Å². The largest absolute Gasteiger partial charge is 0.377 e. The Hall–Kier alpha value is -3.14. The molecule has 0 saturated heterocycles. The fraction of sp³-hybridized carbons (Fsp3) is 0.167. The quantitative estimate of drug-likeness (QED) is 0.405. The van der Waals surface area contributed by atoms with E-state index < -0.39 is 20.2 Å². The molecule has 0 heterocycles. The maximum atomic E-state index is 13.4. The van der Waals surface area contributed by atoms with Gasteiger partial charge in [0.2, 0.25) is 0 Å². The monoisotopic (exact) mass is 484 g/mol. The van der Waals surface area contributed by atoms with Crippen LogP contribution < -0.4 is 9.80 Å². The fourth-order valence-corrected chi connectivity index (χ4v) is 7.07. The number of nitrogens with zero attached hydrogens (tertiary/aromatic N) is 2. The maximum Gasteiger partial charge on any atom is 0.314 e. The number of rotatable bonds is 6. The zero-order valence-electron chi connectivity index (χ0n) is 18.7. The van der Waals surface area contributed by atoms with Gasteiger partial charge in [-0.05, 0) is 23.6 Å². The summed E-state index contributed by atoms with van der Waals surface area (Å²) >= 11 is 0. The Bertz CT molecular complexity index is 1580. The number of hydrogen-bond acceptors (Lipinski definition) is 7. The van der Waals surface area contributed by atoms with Crippen LogP contribution in [0.15, 0.2) is 82.6 Å². The molecule has 0 fully saturated rings. The SMILES string of the molecule is CN(C)c1ccc2ccccc2c1S(=O)(=O)OS(=O)(=O)c1cccc2c(N(C)C)cccc12. The molecule has 0 aliphatic carbocycles. The van der Waals surface area contributed by atoms with E-state index in [1.807, 2.05) is 25.1 Å². The van der Waals surface area contributed by atoms with Gasteiger partial charge < -0.3 is 9.80 Å². The Balaban J connectivity index is 1.90. The first kappa shape index (κ1) is 23.0. The first-order valence-corrected chi connectivity index (χ1v) is 12.9. The minimum atomic E-state index is -4.70. The van der Waals surface area contributed by atoms with Crippen LogP contribution in [0.5, 0.6) is 0 Å². The fourth-order valence-electron chi connectivity index (χ4n) is 3.91. The van der Waals surface area contributed by atoms with Gasteiger partial charge in [0.25, 0.3) is 0 Å². The molecule has 7 nitrogen and oxygen atoms in total. The predicted molar refractivity (Wildman–Crippen MR) is 132 cm³/mol. The smallest absolute Gasteiger partial charge is 0.314 e. The van der Waals surface area contributed by atoms with Gasteiger partial charge in [-0.2, -0.15) is 16.8 Å². The molecule has 0 N–H and O–H groups in total. The molecule has 33 heavy (non-hydrogen) atoms. The minimum Gasteiger partial charge on any atom is -0.377 e. The number of hydrogen-bond donors (Lipinski definition) is 0. The highest BCUT2D eigenvalue weighted by Crippen LogP contribution is 2.36. The summed E-state index contributed by atoms with van der Waals surface area (Å²) in [4.78, 5) is 3.06. The van der Waals surface area contributed by atoms with Crippen LogP contribution in [0.1, 0.15) is 0 Å². The third-order valence-corrected chi connectivity index (χ3v) is 8.64. The second kappa shape index (κ2) is 8.33. The van der Waals surface area contributed by atoms with Crippen molar-refractivity contribution in [3.8, 4) is 0 Å². The Morgan fingerprint density at radius 2 is 1.18 bits per heavy atom. The Morgan fingerprint density at radius 1 is 0.576 bits per heavy atom. The number of fused-ring (bicyclic) bond motifs is 2. The zero-order chi connectivity index (χ0) is 24.0. The summed E-state index contributed by atoms with van der Waals surface area (Å²) in [5.41, 5.74) is 1.13. The van der Waals surface area contributed by atoms with Gasteiger partial charge in [0.05, 0.1) is 5.69 Å². The van der Waals surface area contributed by atoms with Crippen LogP contribution >= 0.6 is 0 Å². The third-order valence-electron chi connectivity index (χ3n) is 5.38. The second-order valence-corrected chi connectivity index (χ2v) is 11.2. The van der Waals surface area contributed by atoms with Crippen molar-refractivity contribution in [3.63, 3.8) is 0 Å². The van der Waals surface area contributed by atoms with Gasteiger partial charge >= 0.3 is 20.2 Å². The predicted octanol–water partition coefficient (Wildman–Crippen LogP) is 4.22. The van der Waals surface area contributed by atoms with E-state index in [4.69, 9.17) is 3.63 Å². The molecule has 4 aromatic rings. The molecule has 0 bridgehead atoms. The van der Waals surface area contributed by atoms with Crippen molar-refractivity contribution in [1.29, 1.82) is 0 Å². The molecule has 4 aromatic carbocycles. The van der Waals surface area contributed by atoms with E-state index in [-0.39, 0.29) is 9.79 Å². The van der Waals surface area contributed by atoms with Crippen molar-refractivity contribution >= 4 is 53.2 Å². The van der Waals surface area contributed by atoms with E-state index in [0.29, 0.717) is 27.2 Å². The summed E-state index contributed by atoms with van der Waals surface area (Å²) in [6.45, 7) is 0. The first-order chi connectivity index (χ1) is 15.5.